The van der Waals surface area contributed by atoms with Crippen molar-refractivity contribution >= 4 is 23.3 Å². The number of rotatable bonds is 5. The van der Waals surface area contributed by atoms with E-state index in [0.29, 0.717) is 24.5 Å². The number of carbonyl (C=O) groups excluding carboxylic acids is 2. The Bertz CT molecular complexity index is 1130. The number of urea groups is 1. The minimum Gasteiger partial charge on any atom is -0.493 e. The standard InChI is InChI=1S/C27H35N3O4S/c1-17-13-26(2,3)15-27(14-17)24(31)30(25(32)28-27)16-29-9-8-18-11-20(33-4)21(34-5)12-19(18)23(29)22-7-6-10-35-22/h6-7,10-12,17,23H,8-9,13-16H2,1-5H3,(H,28,32)/t17-,23+,27+/m0/s1. The summed E-state index contributed by atoms with van der Waals surface area (Å²) in [5.74, 6) is 1.70. The summed E-state index contributed by atoms with van der Waals surface area (Å²) in [6, 6.07) is 7.92. The molecule has 1 spiro atoms. The maximum Gasteiger partial charge on any atom is 0.326 e. The molecule has 2 aromatic rings. The van der Waals surface area contributed by atoms with Gasteiger partial charge in [-0.2, -0.15) is 0 Å². The molecule has 2 fully saturated rings. The van der Waals surface area contributed by atoms with Gasteiger partial charge in [0.05, 0.1) is 26.9 Å². The van der Waals surface area contributed by atoms with Gasteiger partial charge in [-0.3, -0.25) is 9.69 Å². The van der Waals surface area contributed by atoms with Gasteiger partial charge in [0.1, 0.15) is 5.54 Å². The van der Waals surface area contributed by atoms with Crippen molar-refractivity contribution in [2.75, 3.05) is 27.4 Å². The van der Waals surface area contributed by atoms with Gasteiger partial charge in [0, 0.05) is 11.4 Å². The van der Waals surface area contributed by atoms with Crippen molar-refractivity contribution in [3.8, 4) is 11.5 Å². The van der Waals surface area contributed by atoms with Crippen LogP contribution in [0.5, 0.6) is 11.5 Å². The van der Waals surface area contributed by atoms with E-state index < -0.39 is 5.54 Å². The fourth-order valence-electron chi connectivity index (χ4n) is 6.75. The molecule has 1 saturated carbocycles. The number of carbonyl (C=O) groups is 2. The zero-order valence-electron chi connectivity index (χ0n) is 21.2. The number of methoxy groups -OCH3 is 2. The first kappa shape index (κ1) is 24.1. The summed E-state index contributed by atoms with van der Waals surface area (Å²) in [5.41, 5.74) is 1.55. The fraction of sp³-hybridized carbons (Fsp3) is 0.556. The van der Waals surface area contributed by atoms with Crippen LogP contribution in [0.3, 0.4) is 0 Å². The Hall–Kier alpha value is -2.58. The molecular weight excluding hydrogens is 462 g/mol. The van der Waals surface area contributed by atoms with Crippen LogP contribution in [0, 0.1) is 11.3 Å². The van der Waals surface area contributed by atoms with Crippen LogP contribution in [0.1, 0.15) is 62.1 Å². The van der Waals surface area contributed by atoms with Gasteiger partial charge in [0.25, 0.3) is 5.91 Å². The Morgan fingerprint density at radius 1 is 1.14 bits per heavy atom. The maximum atomic E-state index is 13.8. The third-order valence-corrected chi connectivity index (χ3v) is 8.66. The first-order valence-electron chi connectivity index (χ1n) is 12.3. The predicted octanol–water partition coefficient (Wildman–Crippen LogP) is 4.81. The van der Waals surface area contributed by atoms with Gasteiger partial charge in [0.2, 0.25) is 0 Å². The maximum absolute atomic E-state index is 13.8. The van der Waals surface area contributed by atoms with Crippen LogP contribution in [-0.4, -0.2) is 54.7 Å². The lowest BCUT2D eigenvalue weighted by Crippen LogP contribution is -2.54. The van der Waals surface area contributed by atoms with Gasteiger partial charge in [-0.25, -0.2) is 9.69 Å². The summed E-state index contributed by atoms with van der Waals surface area (Å²) in [7, 11) is 3.29. The molecule has 1 aliphatic carbocycles. The molecule has 1 aromatic heterocycles. The van der Waals surface area contributed by atoms with Crippen molar-refractivity contribution in [2.45, 2.75) is 58.0 Å². The van der Waals surface area contributed by atoms with E-state index >= 15 is 0 Å². The van der Waals surface area contributed by atoms with E-state index in [-0.39, 0.29) is 30.1 Å². The molecule has 3 amide bonds. The van der Waals surface area contributed by atoms with E-state index in [1.165, 1.54) is 15.3 Å². The molecule has 2 aliphatic heterocycles. The minimum absolute atomic E-state index is 0.00972. The first-order chi connectivity index (χ1) is 16.7. The monoisotopic (exact) mass is 497 g/mol. The molecule has 0 unspecified atom stereocenters. The number of benzene rings is 1. The van der Waals surface area contributed by atoms with Gasteiger partial charge in [-0.05, 0) is 71.7 Å². The molecule has 5 rings (SSSR count). The normalized spacial score (nSPS) is 28.2. The van der Waals surface area contributed by atoms with E-state index in [1.807, 2.05) is 12.1 Å². The third kappa shape index (κ3) is 4.20. The van der Waals surface area contributed by atoms with Crippen LogP contribution in [0.2, 0.25) is 0 Å². The molecule has 35 heavy (non-hydrogen) atoms. The number of nitrogens with one attached hydrogen (secondary N) is 1. The highest BCUT2D eigenvalue weighted by atomic mass is 32.1. The van der Waals surface area contributed by atoms with Gasteiger partial charge in [-0.1, -0.05) is 26.8 Å². The smallest absolute Gasteiger partial charge is 0.326 e. The number of imide groups is 1. The SMILES string of the molecule is COc1cc2c(cc1OC)[C@H](c1cccs1)N(CN1C(=O)N[C@@]3(C[C@@H](C)CC(C)(C)C3)C1=O)CC2. The average Bonchev–Trinajstić information content (AvgIpc) is 3.39. The molecule has 3 heterocycles. The van der Waals surface area contributed by atoms with Crippen LogP contribution < -0.4 is 14.8 Å². The highest BCUT2D eigenvalue weighted by Crippen LogP contribution is 2.47. The van der Waals surface area contributed by atoms with Crippen molar-refractivity contribution in [2.24, 2.45) is 11.3 Å². The Morgan fingerprint density at radius 2 is 1.89 bits per heavy atom. The van der Waals surface area contributed by atoms with Gasteiger partial charge < -0.3 is 14.8 Å². The first-order valence-corrected chi connectivity index (χ1v) is 13.2. The van der Waals surface area contributed by atoms with Gasteiger partial charge in [0.15, 0.2) is 11.5 Å². The molecule has 3 atom stereocenters. The molecule has 1 saturated heterocycles. The lowest BCUT2D eigenvalue weighted by Gasteiger charge is -2.44. The van der Waals surface area contributed by atoms with E-state index in [2.05, 4.69) is 48.5 Å². The Kier molecular flexibility index (Phi) is 6.08. The highest BCUT2D eigenvalue weighted by molar-refractivity contribution is 7.10. The van der Waals surface area contributed by atoms with Crippen LogP contribution in [0.15, 0.2) is 29.6 Å². The predicted molar refractivity (Wildman–Crippen MR) is 136 cm³/mol. The molecule has 7 nitrogen and oxygen atoms in total. The number of amides is 3. The molecule has 3 aliphatic rings. The second-order valence-corrected chi connectivity index (χ2v) is 12.1. The fourth-order valence-corrected chi connectivity index (χ4v) is 7.62. The Morgan fingerprint density at radius 3 is 2.54 bits per heavy atom. The summed E-state index contributed by atoms with van der Waals surface area (Å²) >= 11 is 1.68. The molecule has 1 aromatic carbocycles. The number of thiophene rings is 1. The highest BCUT2D eigenvalue weighted by Gasteiger charge is 2.56. The summed E-state index contributed by atoms with van der Waals surface area (Å²) < 4.78 is 11.1. The number of hydrogen-bond acceptors (Lipinski definition) is 6. The lowest BCUT2D eigenvalue weighted by molar-refractivity contribution is -0.136. The van der Waals surface area contributed by atoms with Crippen LogP contribution in [0.4, 0.5) is 4.79 Å². The minimum atomic E-state index is -0.791. The summed E-state index contributed by atoms with van der Waals surface area (Å²) in [6.07, 6.45) is 3.24. The Labute approximate surface area is 211 Å². The molecule has 0 bridgehead atoms. The number of ether oxygens (including phenoxy) is 2. The second kappa shape index (κ2) is 8.82. The van der Waals surface area contributed by atoms with E-state index in [9.17, 15) is 9.59 Å². The molecule has 8 heteroatoms. The molecular formula is C27H35N3O4S. The summed E-state index contributed by atoms with van der Waals surface area (Å²) in [6.45, 7) is 7.57. The van der Waals surface area contributed by atoms with E-state index in [1.54, 1.807) is 25.6 Å². The van der Waals surface area contributed by atoms with Crippen molar-refractivity contribution in [3.05, 3.63) is 45.6 Å². The van der Waals surface area contributed by atoms with E-state index in [4.69, 9.17) is 9.47 Å². The summed E-state index contributed by atoms with van der Waals surface area (Å²) in [4.78, 5) is 31.9. The lowest BCUT2D eigenvalue weighted by atomic mass is 9.64. The molecule has 1 N–H and O–H groups in total. The molecule has 188 valence electrons. The average molecular weight is 498 g/mol. The van der Waals surface area contributed by atoms with Crippen LogP contribution in [0.25, 0.3) is 0 Å². The van der Waals surface area contributed by atoms with Crippen molar-refractivity contribution < 1.29 is 19.1 Å². The largest absolute Gasteiger partial charge is 0.493 e. The van der Waals surface area contributed by atoms with Crippen molar-refractivity contribution in [1.29, 1.82) is 0 Å². The third-order valence-electron chi connectivity index (χ3n) is 7.73. The topological polar surface area (TPSA) is 71.1 Å². The van der Waals surface area contributed by atoms with Crippen LogP contribution in [-0.2, 0) is 11.2 Å². The van der Waals surface area contributed by atoms with Crippen molar-refractivity contribution in [3.63, 3.8) is 0 Å². The number of nitrogens with zero attached hydrogens (tertiary/aromatic N) is 2. The van der Waals surface area contributed by atoms with E-state index in [0.717, 1.165) is 30.7 Å². The zero-order chi connectivity index (χ0) is 25.0. The van der Waals surface area contributed by atoms with Gasteiger partial charge in [-0.15, -0.1) is 11.3 Å². The summed E-state index contributed by atoms with van der Waals surface area (Å²) in [5, 5.41) is 5.19. The van der Waals surface area contributed by atoms with Gasteiger partial charge >= 0.3 is 6.03 Å². The molecule has 0 radical (unpaired) electrons. The van der Waals surface area contributed by atoms with Crippen molar-refractivity contribution in [1.82, 2.24) is 15.1 Å². The van der Waals surface area contributed by atoms with Crippen LogP contribution >= 0.6 is 11.3 Å². The number of hydrogen-bond donors (Lipinski definition) is 1. The zero-order valence-corrected chi connectivity index (χ0v) is 22.0. The number of fused-ring (bicyclic) bond motifs is 1. The quantitative estimate of drug-likeness (QED) is 0.601. The second-order valence-electron chi connectivity index (χ2n) is 11.1. The Balaban J connectivity index is 1.47.